The molecule has 0 bridgehead atoms. The van der Waals surface area contributed by atoms with Crippen LogP contribution in [0.5, 0.6) is 0 Å². The number of rotatable bonds is 3. The largest absolute Gasteiger partial charge is 0.388 e. The Bertz CT molecular complexity index is 208. The van der Waals surface area contributed by atoms with E-state index >= 15 is 0 Å². The lowest BCUT2D eigenvalue weighted by Gasteiger charge is -2.12. The van der Waals surface area contributed by atoms with Gasteiger partial charge in [0.05, 0.1) is 0 Å². The Morgan fingerprint density at radius 1 is 1.25 bits per heavy atom. The number of ketones is 2. The molecule has 0 aromatic carbocycles. The van der Waals surface area contributed by atoms with Gasteiger partial charge in [0.25, 0.3) is 0 Å². The Morgan fingerprint density at radius 3 is 2.08 bits per heavy atom. The minimum Gasteiger partial charge on any atom is -0.388 e. The summed E-state index contributed by atoms with van der Waals surface area (Å²) in [6.07, 6.45) is 2.31. The maximum Gasteiger partial charge on any atom is 0.181 e. The van der Waals surface area contributed by atoms with Crippen LogP contribution < -0.4 is 0 Å². The second kappa shape index (κ2) is 4.16. The number of hydrogen-bond donors (Lipinski definition) is 1. The van der Waals surface area contributed by atoms with Crippen LogP contribution in [0, 0.1) is 5.41 Å². The molecule has 0 heterocycles. The van der Waals surface area contributed by atoms with Gasteiger partial charge in [-0.25, -0.2) is 0 Å². The van der Waals surface area contributed by atoms with Crippen molar-refractivity contribution in [2.24, 2.45) is 5.41 Å². The molecule has 68 valence electrons. The van der Waals surface area contributed by atoms with E-state index in [4.69, 9.17) is 5.11 Å². The Labute approximate surface area is 72.1 Å². The van der Waals surface area contributed by atoms with Crippen molar-refractivity contribution in [2.75, 3.05) is 6.61 Å². The van der Waals surface area contributed by atoms with Gasteiger partial charge in [-0.15, -0.1) is 0 Å². The molecule has 0 aromatic heterocycles. The molecule has 0 aliphatic carbocycles. The van der Waals surface area contributed by atoms with Crippen LogP contribution in [0.1, 0.15) is 20.8 Å². The summed E-state index contributed by atoms with van der Waals surface area (Å²) < 4.78 is 0. The van der Waals surface area contributed by atoms with E-state index in [1.54, 1.807) is 20.8 Å². The lowest BCUT2D eigenvalue weighted by atomic mass is 9.90. The smallest absolute Gasteiger partial charge is 0.181 e. The molecule has 0 saturated carbocycles. The van der Waals surface area contributed by atoms with Crippen LogP contribution >= 0.6 is 0 Å². The lowest BCUT2D eigenvalue weighted by Crippen LogP contribution is -2.17. The molecule has 12 heavy (non-hydrogen) atoms. The molecule has 1 N–H and O–H groups in total. The van der Waals surface area contributed by atoms with E-state index in [1.807, 2.05) is 0 Å². The van der Waals surface area contributed by atoms with Crippen molar-refractivity contribution in [1.29, 1.82) is 0 Å². The van der Waals surface area contributed by atoms with Crippen molar-refractivity contribution in [3.8, 4) is 0 Å². The number of carbonyl (C=O) groups is 2. The number of allylic oxidation sites excluding steroid dienone is 1. The van der Waals surface area contributed by atoms with E-state index in [2.05, 4.69) is 0 Å². The standard InChI is InChI=1S/C9H14O3/c1-9(2,3)8(12)5-4-7(11)6-10/h4-5,10H,6H2,1-3H3/b5-4+. The number of hydrogen-bond acceptors (Lipinski definition) is 3. The molecule has 0 atom stereocenters. The normalized spacial score (nSPS) is 12.0. The average molecular weight is 170 g/mol. The van der Waals surface area contributed by atoms with Gasteiger partial charge in [-0.05, 0) is 12.2 Å². The van der Waals surface area contributed by atoms with E-state index in [9.17, 15) is 9.59 Å². The predicted molar refractivity (Wildman–Crippen MR) is 45.7 cm³/mol. The topological polar surface area (TPSA) is 54.4 Å². The molecule has 0 aliphatic heterocycles. The van der Waals surface area contributed by atoms with Crippen LogP contribution in [0.3, 0.4) is 0 Å². The van der Waals surface area contributed by atoms with E-state index in [0.29, 0.717) is 0 Å². The van der Waals surface area contributed by atoms with Crippen LogP contribution in [-0.2, 0) is 9.59 Å². The van der Waals surface area contributed by atoms with Crippen LogP contribution in [0.15, 0.2) is 12.2 Å². The number of aliphatic hydroxyl groups is 1. The van der Waals surface area contributed by atoms with E-state index in [0.717, 1.165) is 6.08 Å². The third-order valence-corrected chi connectivity index (χ3v) is 1.32. The van der Waals surface area contributed by atoms with Crippen LogP contribution in [0.2, 0.25) is 0 Å². The van der Waals surface area contributed by atoms with Crippen molar-refractivity contribution >= 4 is 11.6 Å². The van der Waals surface area contributed by atoms with Gasteiger partial charge in [0.1, 0.15) is 6.61 Å². The van der Waals surface area contributed by atoms with Crippen LogP contribution in [-0.4, -0.2) is 23.3 Å². The molecule has 3 nitrogen and oxygen atoms in total. The molecular weight excluding hydrogens is 156 g/mol. The maximum atomic E-state index is 11.2. The van der Waals surface area contributed by atoms with Gasteiger partial charge in [-0.2, -0.15) is 0 Å². The maximum absolute atomic E-state index is 11.2. The highest BCUT2D eigenvalue weighted by Crippen LogP contribution is 2.14. The lowest BCUT2D eigenvalue weighted by molar-refractivity contribution is -0.122. The fourth-order valence-corrected chi connectivity index (χ4v) is 0.471. The minimum absolute atomic E-state index is 0.121. The predicted octanol–water partition coefficient (Wildman–Crippen LogP) is 0.719. The van der Waals surface area contributed by atoms with Gasteiger partial charge in [0.2, 0.25) is 0 Å². The quantitative estimate of drug-likeness (QED) is 0.635. The zero-order valence-electron chi connectivity index (χ0n) is 7.63. The zero-order valence-corrected chi connectivity index (χ0v) is 7.63. The average Bonchev–Trinajstić information content (AvgIpc) is 1.97. The minimum atomic E-state index is -0.548. The van der Waals surface area contributed by atoms with Crippen LogP contribution in [0.4, 0.5) is 0 Å². The zero-order chi connectivity index (χ0) is 9.78. The van der Waals surface area contributed by atoms with Crippen molar-refractivity contribution in [3.63, 3.8) is 0 Å². The molecule has 0 spiro atoms. The van der Waals surface area contributed by atoms with Crippen LogP contribution in [0.25, 0.3) is 0 Å². The van der Waals surface area contributed by atoms with Crippen molar-refractivity contribution < 1.29 is 14.7 Å². The Balaban J connectivity index is 4.19. The first-order valence-corrected chi connectivity index (χ1v) is 3.74. The Hall–Kier alpha value is -0.960. The summed E-state index contributed by atoms with van der Waals surface area (Å²) in [6, 6.07) is 0. The molecular formula is C9H14O3. The van der Waals surface area contributed by atoms with Crippen molar-refractivity contribution in [3.05, 3.63) is 12.2 Å². The first-order valence-electron chi connectivity index (χ1n) is 3.74. The molecule has 0 rings (SSSR count). The summed E-state index contributed by atoms with van der Waals surface area (Å²) in [6.45, 7) is 4.75. The number of aliphatic hydroxyl groups excluding tert-OH is 1. The van der Waals surface area contributed by atoms with Crippen molar-refractivity contribution in [1.82, 2.24) is 0 Å². The van der Waals surface area contributed by atoms with Gasteiger partial charge < -0.3 is 5.11 Å². The highest BCUT2D eigenvalue weighted by atomic mass is 16.3. The molecule has 0 saturated heterocycles. The fraction of sp³-hybridized carbons (Fsp3) is 0.556. The summed E-state index contributed by atoms with van der Waals surface area (Å²) in [4.78, 5) is 21.7. The SMILES string of the molecule is CC(C)(C)C(=O)/C=C/C(=O)CO. The Morgan fingerprint density at radius 2 is 1.75 bits per heavy atom. The Kier molecular flexibility index (Phi) is 3.83. The first-order chi connectivity index (χ1) is 5.38. The van der Waals surface area contributed by atoms with Crippen molar-refractivity contribution in [2.45, 2.75) is 20.8 Å². The molecule has 0 unspecified atom stereocenters. The van der Waals surface area contributed by atoms with Gasteiger partial charge >= 0.3 is 0 Å². The second-order valence-corrected chi connectivity index (χ2v) is 3.57. The fourth-order valence-electron chi connectivity index (χ4n) is 0.471. The van der Waals surface area contributed by atoms with Gasteiger partial charge in [0.15, 0.2) is 11.6 Å². The summed E-state index contributed by atoms with van der Waals surface area (Å²) in [5.74, 6) is -0.572. The van der Waals surface area contributed by atoms with Gasteiger partial charge in [0, 0.05) is 5.41 Å². The second-order valence-electron chi connectivity index (χ2n) is 3.57. The highest BCUT2D eigenvalue weighted by molar-refractivity contribution is 6.01. The summed E-state index contributed by atoms with van der Waals surface area (Å²) in [5, 5.41) is 8.34. The van der Waals surface area contributed by atoms with Gasteiger partial charge in [-0.1, -0.05) is 20.8 Å². The van der Waals surface area contributed by atoms with Gasteiger partial charge in [-0.3, -0.25) is 9.59 Å². The summed E-state index contributed by atoms with van der Waals surface area (Å²) in [5.41, 5.74) is -0.466. The van der Waals surface area contributed by atoms with E-state index < -0.39 is 17.8 Å². The molecule has 0 aromatic rings. The molecule has 3 heteroatoms. The van der Waals surface area contributed by atoms with E-state index in [1.165, 1.54) is 6.08 Å². The molecule has 0 fully saturated rings. The van der Waals surface area contributed by atoms with E-state index in [-0.39, 0.29) is 5.78 Å². The number of carbonyl (C=O) groups excluding carboxylic acids is 2. The molecule has 0 aliphatic rings. The first kappa shape index (κ1) is 11.0. The summed E-state index contributed by atoms with van der Waals surface area (Å²) in [7, 11) is 0. The third kappa shape index (κ3) is 4.03. The third-order valence-electron chi connectivity index (χ3n) is 1.32. The molecule has 0 radical (unpaired) electrons. The molecule has 0 amide bonds. The monoisotopic (exact) mass is 170 g/mol. The summed E-state index contributed by atoms with van der Waals surface area (Å²) >= 11 is 0. The highest BCUT2D eigenvalue weighted by Gasteiger charge is 2.17.